The Morgan fingerprint density at radius 2 is 1.88 bits per heavy atom. The third kappa shape index (κ3) is 5.44. The minimum atomic E-state index is -5.19. The van der Waals surface area contributed by atoms with Gasteiger partial charge < -0.3 is 26.2 Å². The number of primary amides is 1. The molecule has 11 nitrogen and oxygen atoms in total. The van der Waals surface area contributed by atoms with Crippen molar-refractivity contribution in [2.75, 3.05) is 26.7 Å². The Labute approximate surface area is 228 Å². The van der Waals surface area contributed by atoms with E-state index in [4.69, 9.17) is 5.73 Å². The summed E-state index contributed by atoms with van der Waals surface area (Å²) in [6, 6.07) is 2.92. The van der Waals surface area contributed by atoms with Crippen LogP contribution in [0.4, 0.5) is 13.2 Å². The fourth-order valence-electron chi connectivity index (χ4n) is 5.64. The number of nitrogens with two attached hydrogens (primary N) is 1. The maximum atomic E-state index is 13.8. The predicted octanol–water partition coefficient (Wildman–Crippen LogP) is 0.754. The molecule has 2 aromatic rings. The molecule has 1 saturated carbocycles. The minimum Gasteiger partial charge on any atom is -0.368 e. The van der Waals surface area contributed by atoms with Gasteiger partial charge in [-0.1, -0.05) is 45.0 Å². The van der Waals surface area contributed by atoms with E-state index in [0.717, 1.165) is 0 Å². The van der Waals surface area contributed by atoms with Gasteiger partial charge in [0, 0.05) is 23.9 Å². The van der Waals surface area contributed by atoms with Crippen LogP contribution in [0.2, 0.25) is 0 Å². The maximum Gasteiger partial charge on any atom is 0.471 e. The molecule has 5 atom stereocenters. The number of nitrogens with one attached hydrogen (secondary N) is 2. The number of piperidine rings is 1. The van der Waals surface area contributed by atoms with Crippen LogP contribution in [-0.4, -0.2) is 88.6 Å². The lowest BCUT2D eigenvalue weighted by atomic mass is 9.98. The molecule has 4 N–H and O–H groups in total. The fraction of sp³-hybridized carbons (Fsp3) is 0.538. The van der Waals surface area contributed by atoms with Gasteiger partial charge in [0.25, 0.3) is 0 Å². The first kappa shape index (κ1) is 29.2. The van der Waals surface area contributed by atoms with Crippen LogP contribution in [0.15, 0.2) is 30.5 Å². The lowest BCUT2D eigenvalue weighted by molar-refractivity contribution is -0.175. The van der Waals surface area contributed by atoms with Crippen LogP contribution in [-0.2, 0) is 19.2 Å². The van der Waals surface area contributed by atoms with Crippen molar-refractivity contribution in [2.24, 2.45) is 23.0 Å². The fourth-order valence-corrected chi connectivity index (χ4v) is 5.64. The highest BCUT2D eigenvalue weighted by molar-refractivity contribution is 5.97. The summed E-state index contributed by atoms with van der Waals surface area (Å²) in [6.45, 7) is 5.92. The molecule has 0 spiro atoms. The number of carbonyl (C=O) groups excluding carboxylic acids is 4. The number of halogens is 3. The van der Waals surface area contributed by atoms with Gasteiger partial charge in [-0.25, -0.2) is 0 Å². The van der Waals surface area contributed by atoms with Crippen molar-refractivity contribution in [3.05, 3.63) is 36.2 Å². The van der Waals surface area contributed by atoms with E-state index in [1.807, 2.05) is 13.8 Å². The standard InChI is InChI=1S/C26H32F3N7O4/c1-5-35(4)12-16(32-24(40)26(27,28)29)23(39)36-11-15-17(25(15,2)3)20(36)22(38)33-19(21(30)37)18-14-9-7-6-8-13(14)10-31-34-18/h6-10,15-17,19-20H,5,11-12H2,1-4H3,(H2,30,37)(H,32,40)(H,33,38)/t15-,16-,17-,19?,20-/m0/s1. The monoisotopic (exact) mass is 563 g/mol. The van der Waals surface area contributed by atoms with Crippen molar-refractivity contribution < 1.29 is 32.3 Å². The Balaban J connectivity index is 1.64. The number of nitrogens with zero attached hydrogens (tertiary/aromatic N) is 4. The molecule has 0 radical (unpaired) electrons. The van der Waals surface area contributed by atoms with Gasteiger partial charge in [-0.15, -0.1) is 0 Å². The van der Waals surface area contributed by atoms with Crippen molar-refractivity contribution in [1.29, 1.82) is 0 Å². The van der Waals surface area contributed by atoms with Crippen LogP contribution >= 0.6 is 0 Å². The van der Waals surface area contributed by atoms with E-state index in [1.165, 1.54) is 11.1 Å². The molecule has 1 aliphatic carbocycles. The zero-order valence-electron chi connectivity index (χ0n) is 22.5. The van der Waals surface area contributed by atoms with E-state index < -0.39 is 47.9 Å². The Morgan fingerprint density at radius 1 is 1.20 bits per heavy atom. The van der Waals surface area contributed by atoms with Crippen LogP contribution < -0.4 is 16.4 Å². The third-order valence-electron chi connectivity index (χ3n) is 8.10. The normalized spacial score (nSPS) is 22.9. The molecular weight excluding hydrogens is 531 g/mol. The average molecular weight is 564 g/mol. The van der Waals surface area contributed by atoms with Crippen molar-refractivity contribution in [3.63, 3.8) is 0 Å². The Hall–Kier alpha value is -3.81. The van der Waals surface area contributed by atoms with Crippen molar-refractivity contribution in [3.8, 4) is 0 Å². The number of carbonyl (C=O) groups is 4. The minimum absolute atomic E-state index is 0.0977. The summed E-state index contributed by atoms with van der Waals surface area (Å²) in [4.78, 5) is 54.5. The van der Waals surface area contributed by atoms with Gasteiger partial charge in [0.05, 0.1) is 6.20 Å². The molecule has 1 aromatic carbocycles. The number of likely N-dealkylation sites (tertiary alicyclic amines) is 1. The quantitative estimate of drug-likeness (QED) is 0.408. The van der Waals surface area contributed by atoms with Crippen LogP contribution in [0, 0.1) is 17.3 Å². The number of alkyl halides is 3. The topological polar surface area (TPSA) is 151 Å². The number of hydrogen-bond donors (Lipinski definition) is 3. The highest BCUT2D eigenvalue weighted by Gasteiger charge is 2.69. The molecule has 14 heteroatoms. The molecule has 2 heterocycles. The first-order valence-electron chi connectivity index (χ1n) is 12.8. The van der Waals surface area contributed by atoms with E-state index in [2.05, 4.69) is 15.5 Å². The number of hydrogen-bond acceptors (Lipinski definition) is 7. The molecule has 1 aromatic heterocycles. The number of amides is 4. The molecule has 2 aliphatic rings. The Morgan fingerprint density at radius 3 is 2.50 bits per heavy atom. The van der Waals surface area contributed by atoms with Gasteiger partial charge in [0.15, 0.2) is 6.04 Å². The summed E-state index contributed by atoms with van der Waals surface area (Å²) in [5.74, 6) is -5.08. The van der Waals surface area contributed by atoms with Crippen molar-refractivity contribution >= 4 is 34.4 Å². The summed E-state index contributed by atoms with van der Waals surface area (Å²) in [5, 5.41) is 13.6. The van der Waals surface area contributed by atoms with Gasteiger partial charge in [0.2, 0.25) is 17.7 Å². The SMILES string of the molecule is CCN(C)C[C@H](NC(=O)C(F)(F)F)C(=O)N1C[C@H]2[C@@H]([C@H]1C(=O)NC(C(N)=O)c1nncc3ccccc13)C2(C)C. The number of rotatable bonds is 9. The zero-order chi connectivity index (χ0) is 29.6. The van der Waals surface area contributed by atoms with E-state index >= 15 is 0 Å². The lowest BCUT2D eigenvalue weighted by Gasteiger charge is -2.34. The number of benzene rings is 1. The van der Waals surface area contributed by atoms with Gasteiger partial charge in [-0.2, -0.15) is 23.4 Å². The highest BCUT2D eigenvalue weighted by atomic mass is 19.4. The molecule has 1 unspecified atom stereocenters. The van der Waals surface area contributed by atoms with Gasteiger partial charge in [-0.05, 0) is 30.8 Å². The van der Waals surface area contributed by atoms with Crippen LogP contribution in [0.25, 0.3) is 10.8 Å². The van der Waals surface area contributed by atoms with Crippen LogP contribution in [0.1, 0.15) is 32.5 Å². The molecular formula is C26H32F3N7O4. The van der Waals surface area contributed by atoms with Crippen molar-refractivity contribution in [2.45, 2.75) is 45.1 Å². The molecule has 1 saturated heterocycles. The summed E-state index contributed by atoms with van der Waals surface area (Å²) in [7, 11) is 1.59. The molecule has 216 valence electrons. The van der Waals surface area contributed by atoms with Gasteiger partial charge >= 0.3 is 12.1 Å². The number of likely N-dealkylation sites (N-methyl/N-ethyl adjacent to an activating group) is 1. The second-order valence-electron chi connectivity index (χ2n) is 10.9. The molecule has 4 amide bonds. The molecule has 40 heavy (non-hydrogen) atoms. The van der Waals surface area contributed by atoms with Gasteiger partial charge in [0.1, 0.15) is 17.8 Å². The summed E-state index contributed by atoms with van der Waals surface area (Å²) in [6.07, 6.45) is -3.69. The zero-order valence-corrected chi connectivity index (χ0v) is 22.5. The molecule has 2 fully saturated rings. The van der Waals surface area contributed by atoms with E-state index in [-0.39, 0.29) is 36.0 Å². The van der Waals surface area contributed by atoms with E-state index in [9.17, 15) is 32.3 Å². The summed E-state index contributed by atoms with van der Waals surface area (Å²) < 4.78 is 39.2. The first-order valence-corrected chi connectivity index (χ1v) is 12.8. The van der Waals surface area contributed by atoms with Crippen LogP contribution in [0.3, 0.4) is 0 Å². The van der Waals surface area contributed by atoms with E-state index in [0.29, 0.717) is 17.3 Å². The van der Waals surface area contributed by atoms with Crippen LogP contribution in [0.5, 0.6) is 0 Å². The number of aromatic nitrogens is 2. The largest absolute Gasteiger partial charge is 0.471 e. The third-order valence-corrected chi connectivity index (χ3v) is 8.10. The smallest absolute Gasteiger partial charge is 0.368 e. The number of fused-ring (bicyclic) bond motifs is 2. The average Bonchev–Trinajstić information content (AvgIpc) is 3.22. The summed E-state index contributed by atoms with van der Waals surface area (Å²) >= 11 is 0. The maximum absolute atomic E-state index is 13.8. The lowest BCUT2D eigenvalue weighted by Crippen LogP contribution is -2.60. The predicted molar refractivity (Wildman–Crippen MR) is 137 cm³/mol. The Bertz CT molecular complexity index is 1330. The highest BCUT2D eigenvalue weighted by Crippen LogP contribution is 2.65. The second kappa shape index (κ2) is 10.6. The summed E-state index contributed by atoms with van der Waals surface area (Å²) in [5.41, 5.74) is 5.45. The molecule has 1 aliphatic heterocycles. The second-order valence-corrected chi connectivity index (χ2v) is 10.9. The molecule has 0 bridgehead atoms. The molecule has 4 rings (SSSR count). The van der Waals surface area contributed by atoms with Crippen molar-refractivity contribution in [1.82, 2.24) is 30.6 Å². The van der Waals surface area contributed by atoms with E-state index in [1.54, 1.807) is 48.5 Å². The Kier molecular flexibility index (Phi) is 7.76. The van der Waals surface area contributed by atoms with Gasteiger partial charge in [-0.3, -0.25) is 19.2 Å². The first-order chi connectivity index (χ1) is 18.7.